The highest BCUT2D eigenvalue weighted by Crippen LogP contribution is 2.17. The molecule has 0 unspecified atom stereocenters. The van der Waals surface area contributed by atoms with Gasteiger partial charge in [0.25, 0.3) is 5.91 Å². The van der Waals surface area contributed by atoms with E-state index in [4.69, 9.17) is 11.6 Å². The van der Waals surface area contributed by atoms with E-state index in [1.165, 1.54) is 6.07 Å². The molecule has 21 heavy (non-hydrogen) atoms. The van der Waals surface area contributed by atoms with Gasteiger partial charge in [-0.05, 0) is 46.6 Å². The lowest BCUT2D eigenvalue weighted by atomic mass is 10.2. The Kier molecular flexibility index (Phi) is 5.52. The van der Waals surface area contributed by atoms with Crippen molar-refractivity contribution in [3.8, 4) is 0 Å². The number of hydrogen-bond acceptors (Lipinski definition) is 4. The fourth-order valence-corrected chi connectivity index (χ4v) is 2.05. The SMILES string of the molecule is CCCNc1cc(C(=O)Nc2ccc(Br)cn2)cc(Cl)n1. The maximum Gasteiger partial charge on any atom is 0.257 e. The first-order chi connectivity index (χ1) is 10.1. The quantitative estimate of drug-likeness (QED) is 0.783. The summed E-state index contributed by atoms with van der Waals surface area (Å²) in [7, 11) is 0. The van der Waals surface area contributed by atoms with Crippen molar-refractivity contribution in [3.05, 3.63) is 45.7 Å². The largest absolute Gasteiger partial charge is 0.370 e. The third-order valence-corrected chi connectivity index (χ3v) is 3.24. The van der Waals surface area contributed by atoms with E-state index >= 15 is 0 Å². The topological polar surface area (TPSA) is 66.9 Å². The summed E-state index contributed by atoms with van der Waals surface area (Å²) in [4.78, 5) is 20.4. The zero-order valence-electron chi connectivity index (χ0n) is 11.4. The molecular weight excluding hydrogens is 356 g/mol. The molecule has 2 aromatic rings. The van der Waals surface area contributed by atoms with Crippen LogP contribution in [-0.4, -0.2) is 22.4 Å². The summed E-state index contributed by atoms with van der Waals surface area (Å²) in [5.74, 6) is 0.770. The fraction of sp³-hybridized carbons (Fsp3) is 0.214. The molecule has 2 N–H and O–H groups in total. The highest BCUT2D eigenvalue weighted by atomic mass is 79.9. The third kappa shape index (κ3) is 4.68. The Bertz CT molecular complexity index is 633. The van der Waals surface area contributed by atoms with E-state index in [0.29, 0.717) is 17.2 Å². The first-order valence-electron chi connectivity index (χ1n) is 6.43. The van der Waals surface area contributed by atoms with Crippen LogP contribution >= 0.6 is 27.5 Å². The highest BCUT2D eigenvalue weighted by Gasteiger charge is 2.10. The number of nitrogens with one attached hydrogen (secondary N) is 2. The van der Waals surface area contributed by atoms with Gasteiger partial charge in [0.05, 0.1) is 0 Å². The molecule has 0 atom stereocenters. The second kappa shape index (κ2) is 7.38. The van der Waals surface area contributed by atoms with Crippen molar-refractivity contribution in [2.24, 2.45) is 0 Å². The average molecular weight is 370 g/mol. The van der Waals surface area contributed by atoms with Crippen LogP contribution in [0.15, 0.2) is 34.9 Å². The Hall–Kier alpha value is -1.66. The fourth-order valence-electron chi connectivity index (χ4n) is 1.61. The molecule has 0 saturated heterocycles. The van der Waals surface area contributed by atoms with Crippen molar-refractivity contribution in [2.75, 3.05) is 17.2 Å². The van der Waals surface area contributed by atoms with Crippen LogP contribution in [0.5, 0.6) is 0 Å². The van der Waals surface area contributed by atoms with E-state index in [2.05, 4.69) is 36.5 Å². The smallest absolute Gasteiger partial charge is 0.257 e. The number of amides is 1. The predicted octanol–water partition coefficient (Wildman–Crippen LogP) is 3.97. The van der Waals surface area contributed by atoms with Crippen LogP contribution < -0.4 is 10.6 Å². The lowest BCUT2D eigenvalue weighted by Gasteiger charge is -2.08. The summed E-state index contributed by atoms with van der Waals surface area (Å²) in [6.45, 7) is 2.81. The predicted molar refractivity (Wildman–Crippen MR) is 87.9 cm³/mol. The van der Waals surface area contributed by atoms with Crippen LogP contribution in [0.4, 0.5) is 11.6 Å². The summed E-state index contributed by atoms with van der Waals surface area (Å²) in [6.07, 6.45) is 2.57. The lowest BCUT2D eigenvalue weighted by Crippen LogP contribution is -2.14. The second-order valence-electron chi connectivity index (χ2n) is 4.31. The molecule has 7 heteroatoms. The van der Waals surface area contributed by atoms with Crippen LogP contribution in [0.25, 0.3) is 0 Å². The molecule has 0 aliphatic heterocycles. The third-order valence-electron chi connectivity index (χ3n) is 2.58. The van der Waals surface area contributed by atoms with Gasteiger partial charge in [-0.3, -0.25) is 4.79 Å². The maximum absolute atomic E-state index is 12.2. The molecule has 2 rings (SSSR count). The van der Waals surface area contributed by atoms with Crippen LogP contribution in [0, 0.1) is 0 Å². The zero-order chi connectivity index (χ0) is 15.2. The van der Waals surface area contributed by atoms with Crippen molar-refractivity contribution >= 4 is 45.1 Å². The molecule has 0 aliphatic rings. The summed E-state index contributed by atoms with van der Waals surface area (Å²) in [5, 5.41) is 6.08. The Morgan fingerprint density at radius 1 is 1.33 bits per heavy atom. The van der Waals surface area contributed by atoms with Crippen molar-refractivity contribution in [2.45, 2.75) is 13.3 Å². The van der Waals surface area contributed by atoms with E-state index in [1.807, 2.05) is 6.92 Å². The number of hydrogen-bond donors (Lipinski definition) is 2. The number of anilines is 2. The number of nitrogens with zero attached hydrogens (tertiary/aromatic N) is 2. The number of aromatic nitrogens is 2. The molecule has 5 nitrogen and oxygen atoms in total. The number of pyridine rings is 2. The summed E-state index contributed by atoms with van der Waals surface area (Å²) >= 11 is 9.23. The number of carbonyl (C=O) groups excluding carboxylic acids is 1. The summed E-state index contributed by atoms with van der Waals surface area (Å²) in [6, 6.07) is 6.69. The molecule has 2 aromatic heterocycles. The van der Waals surface area contributed by atoms with Gasteiger partial charge in [0.1, 0.15) is 16.8 Å². The van der Waals surface area contributed by atoms with E-state index in [-0.39, 0.29) is 11.1 Å². The van der Waals surface area contributed by atoms with Gasteiger partial charge in [-0.2, -0.15) is 0 Å². The molecule has 0 fully saturated rings. The molecular formula is C14H14BrClN4O. The molecule has 110 valence electrons. The van der Waals surface area contributed by atoms with Gasteiger partial charge in [-0.15, -0.1) is 0 Å². The Morgan fingerprint density at radius 3 is 2.81 bits per heavy atom. The van der Waals surface area contributed by atoms with Gasteiger partial charge in [0, 0.05) is 22.8 Å². The van der Waals surface area contributed by atoms with Gasteiger partial charge in [-0.1, -0.05) is 18.5 Å². The molecule has 0 aliphatic carbocycles. The van der Waals surface area contributed by atoms with Gasteiger partial charge in [-0.25, -0.2) is 9.97 Å². The monoisotopic (exact) mass is 368 g/mol. The van der Waals surface area contributed by atoms with Gasteiger partial charge in [0.15, 0.2) is 0 Å². The molecule has 2 heterocycles. The minimum atomic E-state index is -0.284. The number of halogens is 2. The Balaban J connectivity index is 2.14. The van der Waals surface area contributed by atoms with E-state index < -0.39 is 0 Å². The Morgan fingerprint density at radius 2 is 2.14 bits per heavy atom. The minimum Gasteiger partial charge on any atom is -0.370 e. The second-order valence-corrected chi connectivity index (χ2v) is 5.61. The molecule has 0 radical (unpaired) electrons. The molecule has 0 saturated carbocycles. The summed E-state index contributed by atoms with van der Waals surface area (Å²) < 4.78 is 0.846. The standard InChI is InChI=1S/C14H14BrClN4O/c1-2-5-17-13-7-9(6-11(16)19-13)14(21)20-12-4-3-10(15)8-18-12/h3-4,6-8H,2,5H2,1H3,(H,17,19)(H,18,20,21). The highest BCUT2D eigenvalue weighted by molar-refractivity contribution is 9.10. The average Bonchev–Trinajstić information content (AvgIpc) is 2.47. The Labute approximate surface area is 136 Å². The van der Waals surface area contributed by atoms with E-state index in [9.17, 15) is 4.79 Å². The molecule has 0 bridgehead atoms. The molecule has 0 aromatic carbocycles. The van der Waals surface area contributed by atoms with E-state index in [1.54, 1.807) is 24.4 Å². The van der Waals surface area contributed by atoms with Crippen LogP contribution in [0.3, 0.4) is 0 Å². The van der Waals surface area contributed by atoms with Crippen LogP contribution in [0.2, 0.25) is 5.15 Å². The number of rotatable bonds is 5. The van der Waals surface area contributed by atoms with Crippen LogP contribution in [-0.2, 0) is 0 Å². The molecule has 0 spiro atoms. The van der Waals surface area contributed by atoms with Crippen LogP contribution in [0.1, 0.15) is 23.7 Å². The van der Waals surface area contributed by atoms with Gasteiger partial charge in [0.2, 0.25) is 0 Å². The van der Waals surface area contributed by atoms with Crippen molar-refractivity contribution in [3.63, 3.8) is 0 Å². The van der Waals surface area contributed by atoms with E-state index in [0.717, 1.165) is 17.4 Å². The van der Waals surface area contributed by atoms with Gasteiger partial charge >= 0.3 is 0 Å². The van der Waals surface area contributed by atoms with Gasteiger partial charge < -0.3 is 10.6 Å². The lowest BCUT2D eigenvalue weighted by molar-refractivity contribution is 0.102. The first kappa shape index (κ1) is 15.7. The van der Waals surface area contributed by atoms with Crippen molar-refractivity contribution in [1.82, 2.24) is 9.97 Å². The first-order valence-corrected chi connectivity index (χ1v) is 7.60. The van der Waals surface area contributed by atoms with Crippen molar-refractivity contribution < 1.29 is 4.79 Å². The molecule has 1 amide bonds. The normalized spacial score (nSPS) is 10.2. The summed E-state index contributed by atoms with van der Waals surface area (Å²) in [5.41, 5.74) is 0.429. The minimum absolute atomic E-state index is 0.269. The number of carbonyl (C=O) groups is 1. The van der Waals surface area contributed by atoms with Crippen molar-refractivity contribution in [1.29, 1.82) is 0 Å². The maximum atomic E-state index is 12.2. The zero-order valence-corrected chi connectivity index (χ0v) is 13.7.